The molecule has 5 heterocycles. The topological polar surface area (TPSA) is 83.7 Å². The molecule has 2 amide bonds. The quantitative estimate of drug-likeness (QED) is 0.824. The number of fused-ring (bicyclic) bond motifs is 5. The Balaban J connectivity index is 1.60. The molecule has 3 aliphatic heterocycles. The number of piperidine rings is 1. The minimum absolute atomic E-state index is 0.0523. The molecule has 5 rings (SSSR count). The Bertz CT molecular complexity index is 788. The summed E-state index contributed by atoms with van der Waals surface area (Å²) in [6, 6.07) is 3.56. The van der Waals surface area contributed by atoms with Gasteiger partial charge in [0.1, 0.15) is 0 Å². The molecule has 0 saturated carbocycles. The molecule has 2 bridgehead atoms. The van der Waals surface area contributed by atoms with Crippen molar-refractivity contribution in [2.24, 2.45) is 5.92 Å². The Morgan fingerprint density at radius 3 is 3.04 bits per heavy atom. The zero-order valence-corrected chi connectivity index (χ0v) is 13.6. The van der Waals surface area contributed by atoms with Gasteiger partial charge in [0, 0.05) is 37.4 Å². The molecular weight excluding hydrogens is 308 g/mol. The van der Waals surface area contributed by atoms with Gasteiger partial charge in [-0.25, -0.2) is 4.52 Å². The van der Waals surface area contributed by atoms with Crippen LogP contribution in [-0.2, 0) is 4.79 Å². The summed E-state index contributed by atoms with van der Waals surface area (Å²) >= 11 is 0. The number of carbonyl (C=O) groups excluding carboxylic acids is 2. The lowest BCUT2D eigenvalue weighted by Gasteiger charge is -2.35. The third-order valence-corrected chi connectivity index (χ3v) is 4.99. The minimum atomic E-state index is -0.0715. The second-order valence-electron chi connectivity index (χ2n) is 6.57. The molecule has 3 fully saturated rings. The van der Waals surface area contributed by atoms with E-state index in [0.717, 1.165) is 25.8 Å². The van der Waals surface area contributed by atoms with Gasteiger partial charge in [0.25, 0.3) is 5.91 Å². The molecule has 0 spiro atoms. The van der Waals surface area contributed by atoms with E-state index < -0.39 is 0 Å². The second-order valence-corrected chi connectivity index (χ2v) is 6.57. The molecular formula is C16H20N6O2. The molecule has 0 aromatic carbocycles. The lowest BCUT2D eigenvalue weighted by atomic mass is 9.94. The van der Waals surface area contributed by atoms with Gasteiger partial charge in [-0.15, -0.1) is 5.10 Å². The maximum Gasteiger partial charge on any atom is 0.254 e. The molecule has 3 aliphatic rings. The molecule has 0 N–H and O–H groups in total. The van der Waals surface area contributed by atoms with Gasteiger partial charge in [0.2, 0.25) is 5.91 Å². The van der Waals surface area contributed by atoms with Crippen molar-refractivity contribution in [3.05, 3.63) is 23.9 Å². The smallest absolute Gasteiger partial charge is 0.254 e. The molecule has 2 aromatic rings. The highest BCUT2D eigenvalue weighted by Crippen LogP contribution is 2.30. The van der Waals surface area contributed by atoms with Crippen LogP contribution in [0.3, 0.4) is 0 Å². The van der Waals surface area contributed by atoms with Crippen LogP contribution in [0.2, 0.25) is 0 Å². The highest BCUT2D eigenvalue weighted by molar-refractivity contribution is 5.95. The zero-order chi connectivity index (χ0) is 16.7. The number of pyridine rings is 1. The molecule has 0 aliphatic carbocycles. The van der Waals surface area contributed by atoms with Crippen LogP contribution in [0.25, 0.3) is 5.65 Å². The summed E-state index contributed by atoms with van der Waals surface area (Å²) in [5.41, 5.74) is 1.11. The van der Waals surface area contributed by atoms with Gasteiger partial charge in [-0.2, -0.15) is 0 Å². The summed E-state index contributed by atoms with van der Waals surface area (Å²) in [6.45, 7) is 3.97. The van der Waals surface area contributed by atoms with Gasteiger partial charge in [-0.1, -0.05) is 6.92 Å². The Morgan fingerprint density at radius 2 is 2.21 bits per heavy atom. The van der Waals surface area contributed by atoms with Crippen LogP contribution >= 0.6 is 0 Å². The molecule has 0 unspecified atom stereocenters. The van der Waals surface area contributed by atoms with E-state index >= 15 is 0 Å². The first-order valence-electron chi connectivity index (χ1n) is 8.45. The van der Waals surface area contributed by atoms with Crippen LogP contribution in [-0.4, -0.2) is 67.3 Å². The Kier molecular flexibility index (Phi) is 3.66. The fraction of sp³-hybridized carbons (Fsp3) is 0.562. The summed E-state index contributed by atoms with van der Waals surface area (Å²) in [5.74, 6) is 0.0850. The third-order valence-electron chi connectivity index (χ3n) is 4.99. The molecule has 2 atom stereocenters. The number of carbonyl (C=O) groups is 2. The van der Waals surface area contributed by atoms with Crippen LogP contribution < -0.4 is 0 Å². The van der Waals surface area contributed by atoms with E-state index in [-0.39, 0.29) is 23.8 Å². The summed E-state index contributed by atoms with van der Waals surface area (Å²) in [5, 5.41) is 11.3. The largest absolute Gasteiger partial charge is 0.338 e. The van der Waals surface area contributed by atoms with Crippen molar-refractivity contribution in [1.29, 1.82) is 0 Å². The lowest BCUT2D eigenvalue weighted by molar-refractivity contribution is -0.139. The van der Waals surface area contributed by atoms with E-state index in [2.05, 4.69) is 22.4 Å². The molecule has 0 radical (unpaired) electrons. The molecule has 8 nitrogen and oxygen atoms in total. The third kappa shape index (κ3) is 2.42. The van der Waals surface area contributed by atoms with Crippen molar-refractivity contribution in [3.8, 4) is 0 Å². The zero-order valence-electron chi connectivity index (χ0n) is 13.6. The lowest BCUT2D eigenvalue weighted by Crippen LogP contribution is -2.48. The SMILES string of the molecule is CCCN1C(=O)[C@H]2CC[C@@H]1CN(C(=O)c1ccn3nnnc3c1)C2. The van der Waals surface area contributed by atoms with E-state index in [1.54, 1.807) is 18.3 Å². The molecule has 2 aromatic heterocycles. The molecule has 24 heavy (non-hydrogen) atoms. The first kappa shape index (κ1) is 15.0. The van der Waals surface area contributed by atoms with Crippen molar-refractivity contribution in [3.63, 3.8) is 0 Å². The first-order valence-corrected chi connectivity index (χ1v) is 8.45. The highest BCUT2D eigenvalue weighted by atomic mass is 16.2. The predicted molar refractivity (Wildman–Crippen MR) is 85.2 cm³/mol. The summed E-state index contributed by atoms with van der Waals surface area (Å²) in [7, 11) is 0. The van der Waals surface area contributed by atoms with Gasteiger partial charge >= 0.3 is 0 Å². The average molecular weight is 328 g/mol. The van der Waals surface area contributed by atoms with Crippen LogP contribution in [0.4, 0.5) is 0 Å². The number of amides is 2. The number of nitrogens with zero attached hydrogens (tertiary/aromatic N) is 6. The van der Waals surface area contributed by atoms with E-state index in [9.17, 15) is 9.59 Å². The summed E-state index contributed by atoms with van der Waals surface area (Å²) in [4.78, 5) is 29.3. The predicted octanol–water partition coefficient (Wildman–Crippen LogP) is 0.597. The number of rotatable bonds is 3. The molecule has 8 heteroatoms. The summed E-state index contributed by atoms with van der Waals surface area (Å²) in [6.07, 6.45) is 4.48. The molecule has 126 valence electrons. The van der Waals surface area contributed by atoms with Gasteiger partial charge < -0.3 is 9.80 Å². The number of hydrogen-bond acceptors (Lipinski definition) is 5. The van der Waals surface area contributed by atoms with E-state index in [1.165, 1.54) is 4.52 Å². The van der Waals surface area contributed by atoms with Crippen molar-refractivity contribution in [1.82, 2.24) is 29.8 Å². The highest BCUT2D eigenvalue weighted by Gasteiger charge is 2.41. The van der Waals surface area contributed by atoms with Crippen molar-refractivity contribution < 1.29 is 9.59 Å². The fourth-order valence-corrected chi connectivity index (χ4v) is 3.80. The minimum Gasteiger partial charge on any atom is -0.338 e. The second kappa shape index (κ2) is 5.85. The first-order chi connectivity index (χ1) is 11.7. The normalized spacial score (nSPS) is 23.8. The van der Waals surface area contributed by atoms with Gasteiger partial charge in [0.15, 0.2) is 5.65 Å². The Labute approximate surface area is 139 Å². The van der Waals surface area contributed by atoms with Crippen LogP contribution in [0.5, 0.6) is 0 Å². The van der Waals surface area contributed by atoms with Gasteiger partial charge in [-0.3, -0.25) is 9.59 Å². The van der Waals surface area contributed by atoms with Crippen molar-refractivity contribution >= 4 is 17.5 Å². The van der Waals surface area contributed by atoms with Crippen LogP contribution in [0, 0.1) is 5.92 Å². The van der Waals surface area contributed by atoms with E-state index in [4.69, 9.17) is 0 Å². The van der Waals surface area contributed by atoms with Crippen LogP contribution in [0.15, 0.2) is 18.3 Å². The fourth-order valence-electron chi connectivity index (χ4n) is 3.80. The monoisotopic (exact) mass is 328 g/mol. The number of hydrogen-bond donors (Lipinski definition) is 0. The summed E-state index contributed by atoms with van der Waals surface area (Å²) < 4.78 is 1.52. The van der Waals surface area contributed by atoms with Gasteiger partial charge in [0.05, 0.1) is 5.92 Å². The Hall–Kier alpha value is -2.51. The van der Waals surface area contributed by atoms with Gasteiger partial charge in [-0.05, 0) is 41.8 Å². The van der Waals surface area contributed by atoms with E-state index in [0.29, 0.717) is 24.3 Å². The van der Waals surface area contributed by atoms with Crippen molar-refractivity contribution in [2.75, 3.05) is 19.6 Å². The standard InChI is InChI=1S/C16H20N6O2/c1-2-6-21-13-4-3-12(16(21)24)9-20(10-13)15(23)11-5-7-22-14(8-11)17-18-19-22/h5,7-8,12-13H,2-4,6,9-10H2,1H3/t12-,13+/m0/s1. The Morgan fingerprint density at radius 1 is 1.33 bits per heavy atom. The maximum absolute atomic E-state index is 12.9. The maximum atomic E-state index is 12.9. The van der Waals surface area contributed by atoms with Crippen molar-refractivity contribution in [2.45, 2.75) is 32.2 Å². The van der Waals surface area contributed by atoms with E-state index in [1.807, 2.05) is 9.80 Å². The number of tetrazole rings is 1. The number of aromatic nitrogens is 4. The average Bonchev–Trinajstić information content (AvgIpc) is 2.90. The van der Waals surface area contributed by atoms with Crippen LogP contribution in [0.1, 0.15) is 36.5 Å². The molecule has 3 saturated heterocycles.